The maximum absolute atomic E-state index is 12.2. The second-order valence-corrected chi connectivity index (χ2v) is 6.24. The lowest BCUT2D eigenvalue weighted by molar-refractivity contribution is -0.130. The molecule has 0 radical (unpaired) electrons. The lowest BCUT2D eigenvalue weighted by Crippen LogP contribution is -2.30. The minimum atomic E-state index is 0. The Kier molecular flexibility index (Phi) is 8.51. The van der Waals surface area contributed by atoms with E-state index in [0.717, 1.165) is 45.3 Å². The number of likely N-dealkylation sites (tertiary alicyclic amines) is 1. The molecule has 22 heavy (non-hydrogen) atoms. The van der Waals surface area contributed by atoms with Crippen LogP contribution >= 0.6 is 12.4 Å². The molecule has 1 unspecified atom stereocenters. The summed E-state index contributed by atoms with van der Waals surface area (Å²) in [6.45, 7) is 5.03. The summed E-state index contributed by atoms with van der Waals surface area (Å²) >= 11 is 0. The third-order valence-electron chi connectivity index (χ3n) is 4.36. The maximum atomic E-state index is 12.2. The van der Waals surface area contributed by atoms with Crippen LogP contribution in [0.1, 0.15) is 36.8 Å². The van der Waals surface area contributed by atoms with Crippen LogP contribution in [-0.2, 0) is 11.2 Å². The fourth-order valence-electron chi connectivity index (χ4n) is 3.03. The zero-order valence-electron chi connectivity index (χ0n) is 13.8. The van der Waals surface area contributed by atoms with E-state index in [2.05, 4.69) is 36.5 Å². The number of nitrogens with one attached hydrogen (secondary N) is 1. The van der Waals surface area contributed by atoms with Crippen LogP contribution in [-0.4, -0.2) is 37.5 Å². The molecule has 0 bridgehead atoms. The third kappa shape index (κ3) is 5.98. The summed E-state index contributed by atoms with van der Waals surface area (Å²) in [5.74, 6) is 0.990. The van der Waals surface area contributed by atoms with Crippen molar-refractivity contribution in [3.8, 4) is 0 Å². The van der Waals surface area contributed by atoms with E-state index in [4.69, 9.17) is 0 Å². The van der Waals surface area contributed by atoms with Crippen LogP contribution in [0.4, 0.5) is 0 Å². The van der Waals surface area contributed by atoms with E-state index in [0.29, 0.717) is 18.2 Å². The molecule has 1 saturated heterocycles. The summed E-state index contributed by atoms with van der Waals surface area (Å²) in [6.07, 6.45) is 5.03. The number of carbonyl (C=O) groups is 1. The van der Waals surface area contributed by atoms with Gasteiger partial charge in [0.05, 0.1) is 0 Å². The van der Waals surface area contributed by atoms with Crippen molar-refractivity contribution >= 4 is 18.3 Å². The van der Waals surface area contributed by atoms with Gasteiger partial charge in [-0.05, 0) is 57.7 Å². The largest absolute Gasteiger partial charge is 0.342 e. The quantitative estimate of drug-likeness (QED) is 0.781. The van der Waals surface area contributed by atoms with E-state index in [1.165, 1.54) is 11.1 Å². The zero-order valence-corrected chi connectivity index (χ0v) is 14.6. The van der Waals surface area contributed by atoms with Crippen molar-refractivity contribution in [1.29, 1.82) is 0 Å². The molecule has 124 valence electrons. The Hall–Kier alpha value is -1.06. The lowest BCUT2D eigenvalue weighted by atomic mass is 10.1. The molecule has 0 spiro atoms. The van der Waals surface area contributed by atoms with E-state index in [9.17, 15) is 4.79 Å². The fraction of sp³-hybridized carbons (Fsp3) is 0.611. The van der Waals surface area contributed by atoms with Crippen molar-refractivity contribution < 1.29 is 4.79 Å². The Labute approximate surface area is 140 Å². The molecule has 0 aliphatic carbocycles. The van der Waals surface area contributed by atoms with Crippen molar-refractivity contribution in [2.75, 3.05) is 26.7 Å². The van der Waals surface area contributed by atoms with Gasteiger partial charge >= 0.3 is 0 Å². The predicted octanol–water partition coefficient (Wildman–Crippen LogP) is 3.20. The van der Waals surface area contributed by atoms with Gasteiger partial charge in [0.1, 0.15) is 0 Å². The minimum absolute atomic E-state index is 0. The molecule has 1 atom stereocenters. The van der Waals surface area contributed by atoms with E-state index in [1.807, 2.05) is 11.9 Å². The number of aryl methyl sites for hydroxylation is 2. The molecule has 0 saturated carbocycles. The van der Waals surface area contributed by atoms with Crippen molar-refractivity contribution in [3.05, 3.63) is 35.4 Å². The number of benzene rings is 1. The standard InChI is InChI=1S/C18H28N2O.ClH/c1-15-7-9-16(10-8-15)5-3-4-6-18(21)20-12-11-17(14-20)13-19-2;/h7-10,17,19H,3-6,11-14H2,1-2H3;1H. The maximum Gasteiger partial charge on any atom is 0.222 e. The second kappa shape index (κ2) is 9.86. The summed E-state index contributed by atoms with van der Waals surface area (Å²) in [5, 5.41) is 3.21. The number of carbonyl (C=O) groups excluding carboxylic acids is 1. The minimum Gasteiger partial charge on any atom is -0.342 e. The van der Waals surface area contributed by atoms with Crippen LogP contribution in [0.25, 0.3) is 0 Å². The molecule has 1 aromatic carbocycles. The molecule has 3 nitrogen and oxygen atoms in total. The summed E-state index contributed by atoms with van der Waals surface area (Å²) < 4.78 is 0. The number of amides is 1. The predicted molar refractivity (Wildman–Crippen MR) is 94.6 cm³/mol. The van der Waals surface area contributed by atoms with Gasteiger partial charge in [0, 0.05) is 19.5 Å². The summed E-state index contributed by atoms with van der Waals surface area (Å²) in [6, 6.07) is 8.71. The van der Waals surface area contributed by atoms with Crippen LogP contribution in [0.2, 0.25) is 0 Å². The molecule has 1 amide bonds. The van der Waals surface area contributed by atoms with Gasteiger partial charge in [-0.25, -0.2) is 0 Å². The Bertz CT molecular complexity index is 447. The first kappa shape index (κ1) is 19.0. The Balaban J connectivity index is 0.00000242. The van der Waals surface area contributed by atoms with Gasteiger partial charge < -0.3 is 10.2 Å². The molecule has 0 aromatic heterocycles. The topological polar surface area (TPSA) is 32.3 Å². The molecule has 4 heteroatoms. The van der Waals surface area contributed by atoms with E-state index >= 15 is 0 Å². The van der Waals surface area contributed by atoms with Gasteiger partial charge in [0.15, 0.2) is 0 Å². The first-order valence-corrected chi connectivity index (χ1v) is 8.17. The second-order valence-electron chi connectivity index (χ2n) is 6.24. The molecule has 1 aliphatic rings. The molecule has 1 heterocycles. The zero-order chi connectivity index (χ0) is 15.1. The molecule has 1 fully saturated rings. The van der Waals surface area contributed by atoms with Gasteiger partial charge in [-0.1, -0.05) is 29.8 Å². The molecular weight excluding hydrogens is 296 g/mol. The smallest absolute Gasteiger partial charge is 0.222 e. The van der Waals surface area contributed by atoms with Gasteiger partial charge in [0.25, 0.3) is 0 Å². The molecule has 1 aliphatic heterocycles. The number of unbranched alkanes of at least 4 members (excludes halogenated alkanes) is 1. The fourth-order valence-corrected chi connectivity index (χ4v) is 3.03. The first-order chi connectivity index (χ1) is 10.2. The highest BCUT2D eigenvalue weighted by atomic mass is 35.5. The van der Waals surface area contributed by atoms with Gasteiger partial charge in [-0.15, -0.1) is 12.4 Å². The van der Waals surface area contributed by atoms with E-state index in [1.54, 1.807) is 0 Å². The SMILES string of the molecule is CNCC1CCN(C(=O)CCCCc2ccc(C)cc2)C1.Cl. The Morgan fingerprint density at radius 2 is 2.00 bits per heavy atom. The highest BCUT2D eigenvalue weighted by molar-refractivity contribution is 5.85. The highest BCUT2D eigenvalue weighted by Crippen LogP contribution is 2.17. The number of hydrogen-bond donors (Lipinski definition) is 1. The van der Waals surface area contributed by atoms with Crippen molar-refractivity contribution in [1.82, 2.24) is 10.2 Å². The van der Waals surface area contributed by atoms with Crippen LogP contribution in [0.5, 0.6) is 0 Å². The first-order valence-electron chi connectivity index (χ1n) is 8.17. The van der Waals surface area contributed by atoms with Gasteiger partial charge in [-0.3, -0.25) is 4.79 Å². The number of halogens is 1. The molecule has 1 N–H and O–H groups in total. The normalized spacial score (nSPS) is 17.4. The van der Waals surface area contributed by atoms with Gasteiger partial charge in [-0.2, -0.15) is 0 Å². The van der Waals surface area contributed by atoms with Crippen LogP contribution in [0, 0.1) is 12.8 Å². The van der Waals surface area contributed by atoms with Crippen molar-refractivity contribution in [2.45, 2.75) is 39.0 Å². The third-order valence-corrected chi connectivity index (χ3v) is 4.36. The van der Waals surface area contributed by atoms with Crippen LogP contribution < -0.4 is 5.32 Å². The lowest BCUT2D eigenvalue weighted by Gasteiger charge is -2.16. The molecule has 1 aromatic rings. The van der Waals surface area contributed by atoms with Crippen molar-refractivity contribution in [2.24, 2.45) is 5.92 Å². The number of hydrogen-bond acceptors (Lipinski definition) is 2. The van der Waals surface area contributed by atoms with Crippen LogP contribution in [0.15, 0.2) is 24.3 Å². The average Bonchev–Trinajstić information content (AvgIpc) is 2.94. The van der Waals surface area contributed by atoms with Crippen molar-refractivity contribution in [3.63, 3.8) is 0 Å². The molecule has 2 rings (SSSR count). The highest BCUT2D eigenvalue weighted by Gasteiger charge is 2.24. The summed E-state index contributed by atoms with van der Waals surface area (Å²) in [4.78, 5) is 14.2. The molecular formula is C18H29ClN2O. The number of nitrogens with zero attached hydrogens (tertiary/aromatic N) is 1. The van der Waals surface area contributed by atoms with E-state index in [-0.39, 0.29) is 12.4 Å². The summed E-state index contributed by atoms with van der Waals surface area (Å²) in [7, 11) is 1.98. The van der Waals surface area contributed by atoms with Gasteiger partial charge in [0.2, 0.25) is 5.91 Å². The Morgan fingerprint density at radius 1 is 1.27 bits per heavy atom. The van der Waals surface area contributed by atoms with E-state index < -0.39 is 0 Å². The average molecular weight is 325 g/mol. The van der Waals surface area contributed by atoms with Crippen LogP contribution in [0.3, 0.4) is 0 Å². The number of rotatable bonds is 7. The Morgan fingerprint density at radius 3 is 2.68 bits per heavy atom. The monoisotopic (exact) mass is 324 g/mol. The summed E-state index contributed by atoms with van der Waals surface area (Å²) in [5.41, 5.74) is 2.68.